The highest BCUT2D eigenvalue weighted by molar-refractivity contribution is 5.84. The summed E-state index contributed by atoms with van der Waals surface area (Å²) in [5.41, 5.74) is 0.919. The summed E-state index contributed by atoms with van der Waals surface area (Å²) in [4.78, 5) is 21.8. The van der Waals surface area contributed by atoms with Crippen molar-refractivity contribution in [3.8, 4) is 0 Å². The molecular formula is C12H15NO5. The second-order valence-electron chi connectivity index (χ2n) is 3.62. The molecule has 0 unspecified atom stereocenters. The van der Waals surface area contributed by atoms with E-state index in [4.69, 9.17) is 14.9 Å². The molecular weight excluding hydrogens is 238 g/mol. The first kappa shape index (κ1) is 14.1. The van der Waals surface area contributed by atoms with Crippen molar-refractivity contribution in [2.24, 2.45) is 0 Å². The number of hydrogen-bond donors (Lipinski definition) is 3. The molecule has 98 valence electrons. The summed E-state index contributed by atoms with van der Waals surface area (Å²) >= 11 is 0. The van der Waals surface area contributed by atoms with Gasteiger partial charge in [0.2, 0.25) is 5.91 Å². The van der Waals surface area contributed by atoms with Crippen LogP contribution in [0.1, 0.15) is 5.56 Å². The molecule has 1 aromatic rings. The van der Waals surface area contributed by atoms with Gasteiger partial charge in [-0.1, -0.05) is 30.3 Å². The third-order valence-corrected chi connectivity index (χ3v) is 2.16. The van der Waals surface area contributed by atoms with E-state index in [-0.39, 0.29) is 13.2 Å². The average molecular weight is 253 g/mol. The fourth-order valence-corrected chi connectivity index (χ4v) is 1.26. The monoisotopic (exact) mass is 253 g/mol. The van der Waals surface area contributed by atoms with Crippen LogP contribution in [0.15, 0.2) is 30.3 Å². The molecule has 0 radical (unpaired) electrons. The van der Waals surface area contributed by atoms with Gasteiger partial charge in [0.1, 0.15) is 12.6 Å². The van der Waals surface area contributed by atoms with E-state index in [1.54, 1.807) is 0 Å². The van der Waals surface area contributed by atoms with Gasteiger partial charge in [-0.15, -0.1) is 0 Å². The van der Waals surface area contributed by atoms with Crippen molar-refractivity contribution in [3.63, 3.8) is 0 Å². The van der Waals surface area contributed by atoms with E-state index in [0.29, 0.717) is 0 Å². The summed E-state index contributed by atoms with van der Waals surface area (Å²) in [7, 11) is 0. The van der Waals surface area contributed by atoms with Crippen LogP contribution in [0.5, 0.6) is 0 Å². The highest BCUT2D eigenvalue weighted by Gasteiger charge is 2.18. The standard InChI is InChI=1S/C12H15NO5/c14-6-10(12(16)17)13-11(15)8-18-7-9-4-2-1-3-5-9/h1-5,10,14H,6-8H2,(H,13,15)(H,16,17)/t10-/m0/s1. The zero-order valence-corrected chi connectivity index (χ0v) is 9.70. The third kappa shape index (κ3) is 4.94. The number of ether oxygens (including phenoxy) is 1. The Hall–Kier alpha value is -1.92. The van der Waals surface area contributed by atoms with Crippen molar-refractivity contribution >= 4 is 11.9 Å². The highest BCUT2D eigenvalue weighted by Crippen LogP contribution is 1.99. The van der Waals surface area contributed by atoms with E-state index < -0.39 is 24.5 Å². The number of carbonyl (C=O) groups excluding carboxylic acids is 1. The zero-order valence-electron chi connectivity index (χ0n) is 9.70. The number of aliphatic hydroxyl groups is 1. The number of amides is 1. The second kappa shape index (κ2) is 7.41. The van der Waals surface area contributed by atoms with Crippen LogP contribution < -0.4 is 5.32 Å². The van der Waals surface area contributed by atoms with Crippen LogP contribution in [0, 0.1) is 0 Å². The number of hydrogen-bond acceptors (Lipinski definition) is 4. The highest BCUT2D eigenvalue weighted by atomic mass is 16.5. The van der Waals surface area contributed by atoms with Gasteiger partial charge in [0.15, 0.2) is 0 Å². The number of benzene rings is 1. The molecule has 0 aliphatic carbocycles. The molecule has 18 heavy (non-hydrogen) atoms. The number of carbonyl (C=O) groups is 2. The smallest absolute Gasteiger partial charge is 0.328 e. The lowest BCUT2D eigenvalue weighted by Crippen LogP contribution is -2.44. The minimum absolute atomic E-state index is 0.251. The summed E-state index contributed by atoms with van der Waals surface area (Å²) in [6.07, 6.45) is 0. The van der Waals surface area contributed by atoms with Crippen molar-refractivity contribution in [2.45, 2.75) is 12.6 Å². The number of carboxylic acids is 1. The van der Waals surface area contributed by atoms with Crippen LogP contribution >= 0.6 is 0 Å². The molecule has 0 heterocycles. The van der Waals surface area contributed by atoms with Gasteiger partial charge in [0, 0.05) is 0 Å². The normalized spacial score (nSPS) is 11.8. The minimum Gasteiger partial charge on any atom is -0.480 e. The summed E-state index contributed by atoms with van der Waals surface area (Å²) in [5, 5.41) is 19.5. The van der Waals surface area contributed by atoms with E-state index in [9.17, 15) is 9.59 Å². The number of nitrogens with one attached hydrogen (secondary N) is 1. The fraction of sp³-hybridized carbons (Fsp3) is 0.333. The lowest BCUT2D eigenvalue weighted by Gasteiger charge is -2.11. The Morgan fingerprint density at radius 3 is 2.50 bits per heavy atom. The first-order valence-electron chi connectivity index (χ1n) is 5.38. The van der Waals surface area contributed by atoms with E-state index in [1.165, 1.54) is 0 Å². The summed E-state index contributed by atoms with van der Waals surface area (Å²) in [6, 6.07) is 7.99. The quantitative estimate of drug-likeness (QED) is 0.623. The Bertz CT molecular complexity index is 393. The van der Waals surface area contributed by atoms with Crippen molar-refractivity contribution in [1.29, 1.82) is 0 Å². The number of carboxylic acid groups (broad SMARTS) is 1. The van der Waals surface area contributed by atoms with Crippen LogP contribution in [0.2, 0.25) is 0 Å². The second-order valence-corrected chi connectivity index (χ2v) is 3.62. The van der Waals surface area contributed by atoms with Gasteiger partial charge >= 0.3 is 5.97 Å². The van der Waals surface area contributed by atoms with Crippen molar-refractivity contribution in [3.05, 3.63) is 35.9 Å². The van der Waals surface area contributed by atoms with Crippen molar-refractivity contribution in [1.82, 2.24) is 5.32 Å². The summed E-state index contributed by atoms with van der Waals surface area (Å²) in [5.74, 6) is -1.86. The third-order valence-electron chi connectivity index (χ3n) is 2.16. The maximum absolute atomic E-state index is 11.3. The van der Waals surface area contributed by atoms with Crippen LogP contribution in [0.3, 0.4) is 0 Å². The van der Waals surface area contributed by atoms with Crippen LogP contribution in [0.25, 0.3) is 0 Å². The summed E-state index contributed by atoms with van der Waals surface area (Å²) < 4.78 is 5.12. The number of aliphatic hydroxyl groups excluding tert-OH is 1. The Morgan fingerprint density at radius 2 is 1.94 bits per heavy atom. The first-order chi connectivity index (χ1) is 8.63. The summed E-state index contributed by atoms with van der Waals surface area (Å²) in [6.45, 7) is -0.635. The molecule has 0 aromatic heterocycles. The Labute approximate surface area is 104 Å². The predicted octanol–water partition coefficient (Wildman–Crippen LogP) is -0.235. The van der Waals surface area contributed by atoms with E-state index in [2.05, 4.69) is 5.32 Å². The molecule has 1 amide bonds. The first-order valence-corrected chi connectivity index (χ1v) is 5.38. The van der Waals surface area contributed by atoms with Gasteiger partial charge in [0.05, 0.1) is 13.2 Å². The molecule has 0 fully saturated rings. The van der Waals surface area contributed by atoms with Gasteiger partial charge in [0.25, 0.3) is 0 Å². The molecule has 1 aromatic carbocycles. The molecule has 1 atom stereocenters. The Morgan fingerprint density at radius 1 is 1.28 bits per heavy atom. The molecule has 0 aliphatic heterocycles. The zero-order chi connectivity index (χ0) is 13.4. The predicted molar refractivity (Wildman–Crippen MR) is 62.8 cm³/mol. The molecule has 1 rings (SSSR count). The Balaban J connectivity index is 2.27. The molecule has 0 saturated heterocycles. The molecule has 3 N–H and O–H groups in total. The van der Waals surface area contributed by atoms with Gasteiger partial charge < -0.3 is 20.3 Å². The average Bonchev–Trinajstić information content (AvgIpc) is 2.37. The van der Waals surface area contributed by atoms with Gasteiger partial charge in [-0.25, -0.2) is 4.79 Å². The number of rotatable bonds is 7. The Kier molecular flexibility index (Phi) is 5.83. The molecule has 0 bridgehead atoms. The van der Waals surface area contributed by atoms with Gasteiger partial charge in [-0.2, -0.15) is 0 Å². The van der Waals surface area contributed by atoms with Gasteiger partial charge in [-0.05, 0) is 5.56 Å². The minimum atomic E-state index is -1.29. The fourth-order valence-electron chi connectivity index (χ4n) is 1.26. The molecule has 6 heteroatoms. The van der Waals surface area contributed by atoms with Crippen LogP contribution in [-0.4, -0.2) is 41.3 Å². The van der Waals surface area contributed by atoms with E-state index in [1.807, 2.05) is 30.3 Å². The SMILES string of the molecule is O=C(COCc1ccccc1)N[C@@H](CO)C(=O)O. The lowest BCUT2D eigenvalue weighted by atomic mass is 10.2. The molecule has 0 spiro atoms. The van der Waals surface area contributed by atoms with Crippen molar-refractivity contribution < 1.29 is 24.5 Å². The molecule has 0 aliphatic rings. The topological polar surface area (TPSA) is 95.9 Å². The van der Waals surface area contributed by atoms with Crippen molar-refractivity contribution in [2.75, 3.05) is 13.2 Å². The maximum atomic E-state index is 11.3. The molecule has 0 saturated carbocycles. The maximum Gasteiger partial charge on any atom is 0.328 e. The van der Waals surface area contributed by atoms with Crippen LogP contribution in [-0.2, 0) is 20.9 Å². The number of aliphatic carboxylic acids is 1. The van der Waals surface area contributed by atoms with E-state index >= 15 is 0 Å². The van der Waals surface area contributed by atoms with Crippen LogP contribution in [0.4, 0.5) is 0 Å². The van der Waals surface area contributed by atoms with Gasteiger partial charge in [-0.3, -0.25) is 4.79 Å². The largest absolute Gasteiger partial charge is 0.480 e. The lowest BCUT2D eigenvalue weighted by molar-refractivity contribution is -0.143. The molecule has 6 nitrogen and oxygen atoms in total. The van der Waals surface area contributed by atoms with E-state index in [0.717, 1.165) is 5.56 Å².